The van der Waals surface area contributed by atoms with E-state index in [-0.39, 0.29) is 0 Å². The zero-order chi connectivity index (χ0) is 13.0. The lowest BCUT2D eigenvalue weighted by Crippen LogP contribution is -2.04. The molecule has 0 saturated heterocycles. The van der Waals surface area contributed by atoms with Crippen LogP contribution in [0.25, 0.3) is 11.3 Å². The zero-order valence-corrected chi connectivity index (χ0v) is 11.6. The molecule has 0 amide bonds. The Bertz CT molecular complexity index is 666. The Labute approximate surface area is 117 Å². The Hall–Kier alpha value is -1.41. The van der Waals surface area contributed by atoms with E-state index >= 15 is 0 Å². The smallest absolute Gasteiger partial charge is 0.0935 e. The second-order valence-corrected chi connectivity index (χ2v) is 6.17. The van der Waals surface area contributed by atoms with Gasteiger partial charge in [-0.25, -0.2) is 0 Å². The van der Waals surface area contributed by atoms with Gasteiger partial charge in [-0.15, -0.1) is 0 Å². The van der Waals surface area contributed by atoms with Gasteiger partial charge in [0.25, 0.3) is 0 Å². The monoisotopic (exact) mass is 270 g/mol. The first kappa shape index (κ1) is 11.4. The van der Waals surface area contributed by atoms with Gasteiger partial charge in [0.05, 0.1) is 11.4 Å². The van der Waals surface area contributed by atoms with Gasteiger partial charge in [-0.2, -0.15) is 10.2 Å². The van der Waals surface area contributed by atoms with Crippen LogP contribution in [0.2, 0.25) is 5.02 Å². The van der Waals surface area contributed by atoms with E-state index in [2.05, 4.69) is 23.2 Å². The SMILES string of the molecule is Cc1cc(Cl)ccc1-c1cc2c(nn1)[C@H]1CC[C@@H]2C1. The maximum Gasteiger partial charge on any atom is 0.0935 e. The molecule has 3 heteroatoms. The minimum atomic E-state index is 0.674. The summed E-state index contributed by atoms with van der Waals surface area (Å²) in [5.41, 5.74) is 5.98. The molecule has 0 aliphatic heterocycles. The van der Waals surface area contributed by atoms with E-state index in [1.54, 1.807) is 0 Å². The standard InChI is InChI=1S/C16H15ClN2/c1-9-6-12(17)4-5-13(9)15-8-14-10-2-3-11(7-10)16(14)19-18-15/h4-6,8,10-11H,2-3,7H2,1H3/t10-,11+/m1/s1. The van der Waals surface area contributed by atoms with Crippen molar-refractivity contribution in [2.75, 3.05) is 0 Å². The Morgan fingerprint density at radius 3 is 2.79 bits per heavy atom. The predicted octanol–water partition coefficient (Wildman–Crippen LogP) is 4.47. The molecule has 0 spiro atoms. The van der Waals surface area contributed by atoms with Crippen LogP contribution in [0.4, 0.5) is 0 Å². The van der Waals surface area contributed by atoms with Crippen molar-refractivity contribution in [1.29, 1.82) is 0 Å². The Kier molecular flexibility index (Phi) is 2.43. The van der Waals surface area contributed by atoms with Gasteiger partial charge in [-0.05, 0) is 61.4 Å². The molecule has 1 heterocycles. The predicted molar refractivity (Wildman–Crippen MR) is 76.5 cm³/mol. The molecule has 2 bridgehead atoms. The molecule has 1 saturated carbocycles. The number of aromatic nitrogens is 2. The Morgan fingerprint density at radius 2 is 1.95 bits per heavy atom. The van der Waals surface area contributed by atoms with Crippen molar-refractivity contribution in [3.05, 3.63) is 46.1 Å². The number of benzene rings is 1. The fourth-order valence-corrected chi connectivity index (χ4v) is 3.84. The molecular formula is C16H15ClN2. The number of halogens is 1. The van der Waals surface area contributed by atoms with Crippen molar-refractivity contribution in [2.45, 2.75) is 38.0 Å². The third-order valence-electron chi connectivity index (χ3n) is 4.58. The lowest BCUT2D eigenvalue weighted by molar-refractivity contribution is 0.681. The van der Waals surface area contributed by atoms with Crippen LogP contribution in [0, 0.1) is 6.92 Å². The minimum Gasteiger partial charge on any atom is -0.154 e. The van der Waals surface area contributed by atoms with Crippen molar-refractivity contribution in [3.8, 4) is 11.3 Å². The van der Waals surface area contributed by atoms with Crippen LogP contribution < -0.4 is 0 Å². The van der Waals surface area contributed by atoms with Crippen LogP contribution in [-0.2, 0) is 0 Å². The van der Waals surface area contributed by atoms with E-state index in [0.29, 0.717) is 5.92 Å². The lowest BCUT2D eigenvalue weighted by atomic mass is 9.94. The highest BCUT2D eigenvalue weighted by Gasteiger charge is 2.38. The number of hydrogen-bond donors (Lipinski definition) is 0. The van der Waals surface area contributed by atoms with Crippen LogP contribution >= 0.6 is 11.6 Å². The number of nitrogens with zero attached hydrogens (tertiary/aromatic N) is 2. The molecule has 2 nitrogen and oxygen atoms in total. The molecule has 0 N–H and O–H groups in total. The van der Waals surface area contributed by atoms with E-state index in [4.69, 9.17) is 11.6 Å². The maximum atomic E-state index is 6.01. The fourth-order valence-electron chi connectivity index (χ4n) is 3.62. The molecule has 2 aliphatic rings. The van der Waals surface area contributed by atoms with Crippen molar-refractivity contribution in [1.82, 2.24) is 10.2 Å². The van der Waals surface area contributed by atoms with E-state index in [0.717, 1.165) is 27.8 Å². The molecule has 0 radical (unpaired) electrons. The van der Waals surface area contributed by atoms with Crippen molar-refractivity contribution < 1.29 is 0 Å². The molecule has 0 unspecified atom stereocenters. The van der Waals surface area contributed by atoms with Crippen LogP contribution in [0.1, 0.15) is 47.9 Å². The molecule has 1 fully saturated rings. The molecule has 2 atom stereocenters. The maximum absolute atomic E-state index is 6.01. The largest absolute Gasteiger partial charge is 0.154 e. The van der Waals surface area contributed by atoms with E-state index in [9.17, 15) is 0 Å². The van der Waals surface area contributed by atoms with Crippen LogP contribution in [0.3, 0.4) is 0 Å². The number of aryl methyl sites for hydroxylation is 1. The molecule has 1 aromatic heterocycles. The van der Waals surface area contributed by atoms with E-state index in [1.807, 2.05) is 18.2 Å². The molecule has 4 rings (SSSR count). The topological polar surface area (TPSA) is 25.8 Å². The summed E-state index contributed by atoms with van der Waals surface area (Å²) in [4.78, 5) is 0. The van der Waals surface area contributed by atoms with Gasteiger partial charge < -0.3 is 0 Å². The molecule has 2 aromatic rings. The van der Waals surface area contributed by atoms with Gasteiger partial charge in [0.15, 0.2) is 0 Å². The van der Waals surface area contributed by atoms with Gasteiger partial charge in [0.2, 0.25) is 0 Å². The molecule has 96 valence electrons. The Balaban J connectivity index is 1.83. The highest BCUT2D eigenvalue weighted by molar-refractivity contribution is 6.30. The third kappa shape index (κ3) is 1.70. The molecule has 2 aliphatic carbocycles. The summed E-state index contributed by atoms with van der Waals surface area (Å²) in [5.74, 6) is 1.40. The highest BCUT2D eigenvalue weighted by Crippen LogP contribution is 2.52. The van der Waals surface area contributed by atoms with Gasteiger partial charge in [0.1, 0.15) is 0 Å². The summed E-state index contributed by atoms with van der Waals surface area (Å²) in [6, 6.07) is 8.20. The summed E-state index contributed by atoms with van der Waals surface area (Å²) < 4.78 is 0. The summed E-state index contributed by atoms with van der Waals surface area (Å²) in [5, 5.41) is 9.71. The average molecular weight is 271 g/mol. The first-order valence-electron chi connectivity index (χ1n) is 6.86. The minimum absolute atomic E-state index is 0.674. The highest BCUT2D eigenvalue weighted by atomic mass is 35.5. The fraction of sp³-hybridized carbons (Fsp3) is 0.375. The van der Waals surface area contributed by atoms with Crippen molar-refractivity contribution >= 4 is 11.6 Å². The lowest BCUT2D eigenvalue weighted by Gasteiger charge is -2.14. The normalized spacial score (nSPS) is 23.7. The summed E-state index contributed by atoms with van der Waals surface area (Å²) in [7, 11) is 0. The molecule has 1 aromatic carbocycles. The molecule has 19 heavy (non-hydrogen) atoms. The van der Waals surface area contributed by atoms with Gasteiger partial charge in [-0.3, -0.25) is 0 Å². The second-order valence-electron chi connectivity index (χ2n) is 5.74. The van der Waals surface area contributed by atoms with Crippen molar-refractivity contribution in [3.63, 3.8) is 0 Å². The number of rotatable bonds is 1. The summed E-state index contributed by atoms with van der Waals surface area (Å²) in [6.45, 7) is 2.07. The van der Waals surface area contributed by atoms with Crippen LogP contribution in [0.5, 0.6) is 0 Å². The molecular weight excluding hydrogens is 256 g/mol. The van der Waals surface area contributed by atoms with Crippen LogP contribution in [-0.4, -0.2) is 10.2 Å². The van der Waals surface area contributed by atoms with Gasteiger partial charge >= 0.3 is 0 Å². The Morgan fingerprint density at radius 1 is 1.11 bits per heavy atom. The van der Waals surface area contributed by atoms with Gasteiger partial charge in [0, 0.05) is 16.5 Å². The number of hydrogen-bond acceptors (Lipinski definition) is 2. The van der Waals surface area contributed by atoms with Gasteiger partial charge in [-0.1, -0.05) is 17.7 Å². The van der Waals surface area contributed by atoms with E-state index in [1.165, 1.54) is 30.5 Å². The van der Waals surface area contributed by atoms with Crippen LogP contribution in [0.15, 0.2) is 24.3 Å². The number of fused-ring (bicyclic) bond motifs is 5. The zero-order valence-electron chi connectivity index (χ0n) is 10.9. The van der Waals surface area contributed by atoms with Crippen molar-refractivity contribution in [2.24, 2.45) is 0 Å². The summed E-state index contributed by atoms with van der Waals surface area (Å²) >= 11 is 6.01. The quantitative estimate of drug-likeness (QED) is 0.764. The third-order valence-corrected chi connectivity index (χ3v) is 4.81. The average Bonchev–Trinajstić information content (AvgIpc) is 3.00. The first-order valence-corrected chi connectivity index (χ1v) is 7.24. The van der Waals surface area contributed by atoms with E-state index < -0.39 is 0 Å². The second kappa shape index (κ2) is 4.04. The summed E-state index contributed by atoms with van der Waals surface area (Å²) in [6.07, 6.45) is 3.90. The first-order chi connectivity index (χ1) is 9.22.